The lowest BCUT2D eigenvalue weighted by molar-refractivity contribution is 0.144. The maximum absolute atomic E-state index is 13.6. The molecule has 2 aliphatic rings. The molecule has 0 radical (unpaired) electrons. The molecule has 8 heteroatoms. The van der Waals surface area contributed by atoms with Crippen LogP contribution in [0.3, 0.4) is 0 Å². The number of sulfonamides is 1. The Morgan fingerprint density at radius 3 is 2.69 bits per heavy atom. The molecule has 2 atom stereocenters. The highest BCUT2D eigenvalue weighted by molar-refractivity contribution is 7.89. The minimum Gasteiger partial charge on any atom is -0.470 e. The van der Waals surface area contributed by atoms with E-state index in [1.807, 2.05) is 30.3 Å². The first kappa shape index (κ1) is 18.7. The number of benzene rings is 1. The second-order valence-electron chi connectivity index (χ2n) is 7.39. The second-order valence-corrected chi connectivity index (χ2v) is 10.0. The minimum atomic E-state index is -3.74. The van der Waals surface area contributed by atoms with Gasteiger partial charge in [-0.1, -0.05) is 30.3 Å². The Balaban J connectivity index is 1.52. The number of hydrogen-bond acceptors (Lipinski definition) is 6. The Kier molecular flexibility index (Phi) is 4.87. The summed E-state index contributed by atoms with van der Waals surface area (Å²) in [6.07, 6.45) is 1.32. The quantitative estimate of drug-likeness (QED) is 0.641. The highest BCUT2D eigenvalue weighted by Gasteiger charge is 2.47. The second kappa shape index (κ2) is 7.53. The van der Waals surface area contributed by atoms with Gasteiger partial charge in [0.1, 0.15) is 11.0 Å². The molecule has 2 aromatic heterocycles. The Hall–Kier alpha value is -2.26. The number of nitrogens with zero attached hydrogens (tertiary/aromatic N) is 3. The maximum atomic E-state index is 13.6. The fraction of sp³-hybridized carbons (Fsp3) is 0.286. The minimum absolute atomic E-state index is 0.148. The first-order chi connectivity index (χ1) is 14.1. The van der Waals surface area contributed by atoms with E-state index in [1.54, 1.807) is 34.0 Å². The van der Waals surface area contributed by atoms with Crippen LogP contribution in [0.25, 0.3) is 0 Å². The van der Waals surface area contributed by atoms with Gasteiger partial charge in [0.15, 0.2) is 0 Å². The van der Waals surface area contributed by atoms with Crippen LogP contribution in [0.1, 0.15) is 11.1 Å². The van der Waals surface area contributed by atoms with Crippen LogP contribution in [0.15, 0.2) is 70.4 Å². The summed E-state index contributed by atoms with van der Waals surface area (Å²) in [6.45, 7) is 2.39. The SMILES string of the molecule is O=S1(=O)c2cccnc2O[C@@H]2CN(Cc3ccsc3)C[C@H]2N1Cc1ccccc1. The van der Waals surface area contributed by atoms with Gasteiger partial charge in [-0.25, -0.2) is 13.4 Å². The van der Waals surface area contributed by atoms with Gasteiger partial charge in [0, 0.05) is 32.4 Å². The van der Waals surface area contributed by atoms with E-state index in [2.05, 4.69) is 26.7 Å². The van der Waals surface area contributed by atoms with E-state index in [9.17, 15) is 8.42 Å². The molecule has 0 unspecified atom stereocenters. The maximum Gasteiger partial charge on any atom is 0.249 e. The van der Waals surface area contributed by atoms with Crippen LogP contribution in [0.2, 0.25) is 0 Å². The standard InChI is InChI=1S/C21H21N3O3S2/c25-29(26)20-7-4-9-22-21(20)27-19-14-23(11-17-8-10-28-15-17)13-18(19)24(29)12-16-5-2-1-3-6-16/h1-10,15,18-19H,11-14H2/t18-,19-/m1/s1. The van der Waals surface area contributed by atoms with Gasteiger partial charge in [-0.2, -0.15) is 15.6 Å². The third-order valence-corrected chi connectivity index (χ3v) is 8.05. The fourth-order valence-electron chi connectivity index (χ4n) is 4.07. The summed E-state index contributed by atoms with van der Waals surface area (Å²) in [5.74, 6) is 0.204. The highest BCUT2D eigenvalue weighted by atomic mass is 32.2. The summed E-state index contributed by atoms with van der Waals surface area (Å²) in [6, 6.07) is 14.8. The summed E-state index contributed by atoms with van der Waals surface area (Å²) < 4.78 is 34.9. The normalized spacial score (nSPS) is 23.7. The van der Waals surface area contributed by atoms with E-state index < -0.39 is 10.0 Å². The number of fused-ring (bicyclic) bond motifs is 2. The molecule has 0 amide bonds. The van der Waals surface area contributed by atoms with E-state index in [0.717, 1.165) is 12.1 Å². The number of pyridine rings is 1. The summed E-state index contributed by atoms with van der Waals surface area (Å²) >= 11 is 1.67. The largest absolute Gasteiger partial charge is 0.470 e. The molecule has 1 fully saturated rings. The van der Waals surface area contributed by atoms with Gasteiger partial charge in [-0.05, 0) is 40.1 Å². The molecule has 1 saturated heterocycles. The van der Waals surface area contributed by atoms with E-state index in [4.69, 9.17) is 4.74 Å². The summed E-state index contributed by atoms with van der Waals surface area (Å²) in [7, 11) is -3.74. The van der Waals surface area contributed by atoms with Gasteiger partial charge in [0.25, 0.3) is 0 Å². The number of rotatable bonds is 4. The molecule has 6 nitrogen and oxygen atoms in total. The topological polar surface area (TPSA) is 62.7 Å². The molecule has 0 saturated carbocycles. The molecular formula is C21H21N3O3S2. The van der Waals surface area contributed by atoms with Gasteiger partial charge < -0.3 is 4.74 Å². The molecule has 0 aliphatic carbocycles. The number of hydrogen-bond donors (Lipinski definition) is 0. The lowest BCUT2D eigenvalue weighted by Gasteiger charge is -2.28. The van der Waals surface area contributed by atoms with Crippen LogP contribution >= 0.6 is 11.3 Å². The molecule has 0 N–H and O–H groups in total. The predicted octanol–water partition coefficient (Wildman–Crippen LogP) is 2.98. The van der Waals surface area contributed by atoms with Crippen molar-refractivity contribution >= 4 is 21.4 Å². The molecule has 2 aliphatic heterocycles. The molecule has 29 heavy (non-hydrogen) atoms. The van der Waals surface area contributed by atoms with Gasteiger partial charge in [-0.3, -0.25) is 4.90 Å². The van der Waals surface area contributed by atoms with Crippen molar-refractivity contribution in [3.8, 4) is 5.88 Å². The Morgan fingerprint density at radius 1 is 1.03 bits per heavy atom. The zero-order valence-electron chi connectivity index (χ0n) is 15.7. The summed E-state index contributed by atoms with van der Waals surface area (Å²) in [5, 5.41) is 4.19. The van der Waals surface area contributed by atoms with Crippen molar-refractivity contribution in [1.82, 2.24) is 14.2 Å². The third kappa shape index (κ3) is 3.57. The van der Waals surface area contributed by atoms with Gasteiger partial charge in [-0.15, -0.1) is 0 Å². The molecule has 0 spiro atoms. The van der Waals surface area contributed by atoms with Gasteiger partial charge in [0.05, 0.1) is 6.04 Å². The van der Waals surface area contributed by atoms with Crippen molar-refractivity contribution in [1.29, 1.82) is 0 Å². The number of aromatic nitrogens is 1. The van der Waals surface area contributed by atoms with Crippen molar-refractivity contribution in [3.63, 3.8) is 0 Å². The monoisotopic (exact) mass is 427 g/mol. The Bertz CT molecular complexity index is 1090. The molecule has 3 aromatic rings. The van der Waals surface area contributed by atoms with E-state index in [1.165, 1.54) is 5.56 Å². The van der Waals surface area contributed by atoms with Crippen LogP contribution in [0.5, 0.6) is 5.88 Å². The Labute approximate surface area is 174 Å². The molecule has 5 rings (SSSR count). The summed E-state index contributed by atoms with van der Waals surface area (Å²) in [5.41, 5.74) is 2.20. The van der Waals surface area contributed by atoms with Crippen molar-refractivity contribution < 1.29 is 13.2 Å². The highest BCUT2D eigenvalue weighted by Crippen LogP contribution is 2.36. The first-order valence-corrected chi connectivity index (χ1v) is 11.9. The Morgan fingerprint density at radius 2 is 1.90 bits per heavy atom. The van der Waals surface area contributed by atoms with Crippen molar-refractivity contribution in [2.45, 2.75) is 30.1 Å². The zero-order chi connectivity index (χ0) is 19.8. The third-order valence-electron chi connectivity index (χ3n) is 5.44. The number of thiophene rings is 1. The van der Waals surface area contributed by atoms with Crippen LogP contribution < -0.4 is 4.74 Å². The molecule has 1 aromatic carbocycles. The number of likely N-dealkylation sites (tertiary alicyclic amines) is 1. The zero-order valence-corrected chi connectivity index (χ0v) is 17.3. The van der Waals surface area contributed by atoms with Crippen molar-refractivity contribution in [2.24, 2.45) is 0 Å². The lowest BCUT2D eigenvalue weighted by atomic mass is 10.1. The first-order valence-electron chi connectivity index (χ1n) is 9.52. The predicted molar refractivity (Wildman–Crippen MR) is 111 cm³/mol. The van der Waals surface area contributed by atoms with Crippen molar-refractivity contribution in [2.75, 3.05) is 13.1 Å². The smallest absolute Gasteiger partial charge is 0.249 e. The lowest BCUT2D eigenvalue weighted by Crippen LogP contribution is -2.46. The molecule has 4 heterocycles. The van der Waals surface area contributed by atoms with E-state index in [0.29, 0.717) is 19.6 Å². The van der Waals surface area contributed by atoms with E-state index >= 15 is 0 Å². The molecule has 0 bridgehead atoms. The van der Waals surface area contributed by atoms with Crippen molar-refractivity contribution in [3.05, 3.63) is 76.6 Å². The van der Waals surface area contributed by atoms with Crippen LogP contribution in [0, 0.1) is 0 Å². The van der Waals surface area contributed by atoms with Crippen LogP contribution in [-0.4, -0.2) is 47.8 Å². The van der Waals surface area contributed by atoms with Gasteiger partial charge in [0.2, 0.25) is 15.9 Å². The van der Waals surface area contributed by atoms with Gasteiger partial charge >= 0.3 is 0 Å². The molecule has 150 valence electrons. The van der Waals surface area contributed by atoms with E-state index in [-0.39, 0.29) is 22.9 Å². The number of ether oxygens (including phenoxy) is 1. The van der Waals surface area contributed by atoms with Crippen LogP contribution in [0.4, 0.5) is 0 Å². The fourth-order valence-corrected chi connectivity index (χ4v) is 6.43. The summed E-state index contributed by atoms with van der Waals surface area (Å²) in [4.78, 5) is 6.64. The molecular weight excluding hydrogens is 406 g/mol. The average Bonchev–Trinajstić information content (AvgIpc) is 3.36. The average molecular weight is 428 g/mol. The van der Waals surface area contributed by atoms with Crippen LogP contribution in [-0.2, 0) is 23.1 Å².